The summed E-state index contributed by atoms with van der Waals surface area (Å²) in [6.07, 6.45) is 0. The SMILES string of the molecule is Cc1ccc(CS(=O)(=O)Nc2ccc(Nc3nc(C)cc(N(C)C)n3)cc2)cc1. The molecule has 2 aromatic carbocycles. The Kier molecular flexibility index (Phi) is 6.03. The molecule has 1 heterocycles. The van der Waals surface area contributed by atoms with Gasteiger partial charge in [-0.2, -0.15) is 4.98 Å². The van der Waals surface area contributed by atoms with Crippen molar-refractivity contribution in [2.24, 2.45) is 0 Å². The summed E-state index contributed by atoms with van der Waals surface area (Å²) in [5.41, 5.74) is 3.96. The second-order valence-electron chi connectivity index (χ2n) is 7.13. The van der Waals surface area contributed by atoms with Crippen molar-refractivity contribution in [2.75, 3.05) is 29.0 Å². The molecule has 1 aromatic heterocycles. The van der Waals surface area contributed by atoms with Crippen molar-refractivity contribution in [3.63, 3.8) is 0 Å². The fourth-order valence-electron chi connectivity index (χ4n) is 2.71. The first-order valence-corrected chi connectivity index (χ1v) is 10.8. The largest absolute Gasteiger partial charge is 0.363 e. The van der Waals surface area contributed by atoms with E-state index in [-0.39, 0.29) is 5.75 Å². The zero-order chi connectivity index (χ0) is 21.0. The zero-order valence-corrected chi connectivity index (χ0v) is 17.8. The molecule has 0 amide bonds. The zero-order valence-electron chi connectivity index (χ0n) is 17.0. The molecule has 0 saturated carbocycles. The molecule has 0 radical (unpaired) electrons. The van der Waals surface area contributed by atoms with E-state index in [1.807, 2.05) is 63.2 Å². The van der Waals surface area contributed by atoms with Crippen molar-refractivity contribution in [1.82, 2.24) is 9.97 Å². The van der Waals surface area contributed by atoms with Crippen LogP contribution in [0, 0.1) is 13.8 Å². The number of hydrogen-bond acceptors (Lipinski definition) is 6. The molecule has 0 saturated heterocycles. The van der Waals surface area contributed by atoms with Crippen LogP contribution >= 0.6 is 0 Å². The van der Waals surface area contributed by atoms with E-state index in [1.165, 1.54) is 0 Å². The second-order valence-corrected chi connectivity index (χ2v) is 8.86. The number of rotatable bonds is 7. The van der Waals surface area contributed by atoms with Crippen LogP contribution in [0.5, 0.6) is 0 Å². The Morgan fingerprint density at radius 1 is 0.897 bits per heavy atom. The van der Waals surface area contributed by atoms with Gasteiger partial charge in [0.25, 0.3) is 0 Å². The van der Waals surface area contributed by atoms with Crippen molar-refractivity contribution in [3.8, 4) is 0 Å². The Labute approximate surface area is 171 Å². The molecular weight excluding hydrogens is 386 g/mol. The van der Waals surface area contributed by atoms with Gasteiger partial charge in [0.15, 0.2) is 0 Å². The predicted molar refractivity (Wildman–Crippen MR) is 118 cm³/mol. The van der Waals surface area contributed by atoms with Crippen molar-refractivity contribution in [1.29, 1.82) is 0 Å². The Balaban J connectivity index is 1.68. The number of nitrogens with zero attached hydrogens (tertiary/aromatic N) is 3. The fraction of sp³-hybridized carbons (Fsp3) is 0.238. The van der Waals surface area contributed by atoms with E-state index in [0.717, 1.165) is 28.3 Å². The number of hydrogen-bond donors (Lipinski definition) is 2. The molecule has 0 bridgehead atoms. The lowest BCUT2D eigenvalue weighted by molar-refractivity contribution is 0.600. The summed E-state index contributed by atoms with van der Waals surface area (Å²) in [5, 5.41) is 3.15. The lowest BCUT2D eigenvalue weighted by atomic mass is 10.2. The monoisotopic (exact) mass is 411 g/mol. The van der Waals surface area contributed by atoms with Gasteiger partial charge in [0.2, 0.25) is 16.0 Å². The third kappa shape index (κ3) is 5.92. The summed E-state index contributed by atoms with van der Waals surface area (Å²) < 4.78 is 27.4. The highest BCUT2D eigenvalue weighted by molar-refractivity contribution is 7.91. The van der Waals surface area contributed by atoms with Crippen LogP contribution in [0.4, 0.5) is 23.1 Å². The van der Waals surface area contributed by atoms with Crippen LogP contribution in [0.2, 0.25) is 0 Å². The first kappa shape index (κ1) is 20.6. The van der Waals surface area contributed by atoms with E-state index in [4.69, 9.17) is 0 Å². The van der Waals surface area contributed by atoms with Gasteiger partial charge in [-0.25, -0.2) is 13.4 Å². The summed E-state index contributed by atoms with van der Waals surface area (Å²) in [7, 11) is 0.346. The lowest BCUT2D eigenvalue weighted by Gasteiger charge is -2.14. The van der Waals surface area contributed by atoms with Crippen LogP contribution in [-0.4, -0.2) is 32.5 Å². The number of nitrogens with one attached hydrogen (secondary N) is 2. The van der Waals surface area contributed by atoms with Crippen LogP contribution in [0.15, 0.2) is 54.6 Å². The average molecular weight is 412 g/mol. The smallest absolute Gasteiger partial charge is 0.236 e. The Morgan fingerprint density at radius 2 is 1.52 bits per heavy atom. The molecule has 0 aliphatic carbocycles. The summed E-state index contributed by atoms with van der Waals surface area (Å²) >= 11 is 0. The third-order valence-corrected chi connectivity index (χ3v) is 5.45. The Bertz CT molecular complexity index is 1080. The molecule has 0 aliphatic heterocycles. The summed E-state index contributed by atoms with van der Waals surface area (Å²) in [6, 6.07) is 16.3. The van der Waals surface area contributed by atoms with E-state index in [9.17, 15) is 8.42 Å². The Hall–Kier alpha value is -3.13. The minimum absolute atomic E-state index is 0.0717. The number of anilines is 4. The molecule has 3 rings (SSSR count). The normalized spacial score (nSPS) is 11.2. The summed E-state index contributed by atoms with van der Waals surface area (Å²) in [5.74, 6) is 1.22. The van der Waals surface area contributed by atoms with E-state index in [2.05, 4.69) is 20.0 Å². The maximum absolute atomic E-state index is 12.4. The summed E-state index contributed by atoms with van der Waals surface area (Å²) in [4.78, 5) is 10.7. The molecule has 0 unspecified atom stereocenters. The minimum Gasteiger partial charge on any atom is -0.363 e. The quantitative estimate of drug-likeness (QED) is 0.614. The van der Waals surface area contributed by atoms with Gasteiger partial charge >= 0.3 is 0 Å². The van der Waals surface area contributed by atoms with E-state index in [0.29, 0.717) is 11.6 Å². The maximum Gasteiger partial charge on any atom is 0.236 e. The van der Waals surface area contributed by atoms with E-state index in [1.54, 1.807) is 24.3 Å². The standard InChI is InChI=1S/C21H25N5O2S/c1-15-5-7-17(8-6-15)14-29(27,28)25-19-11-9-18(10-12-19)23-21-22-16(2)13-20(24-21)26(3)4/h5-13,25H,14H2,1-4H3,(H,22,23,24). The first-order valence-electron chi connectivity index (χ1n) is 9.16. The molecule has 3 aromatic rings. The van der Waals surface area contributed by atoms with Crippen LogP contribution < -0.4 is 14.9 Å². The predicted octanol–water partition coefficient (Wildman–Crippen LogP) is 3.84. The van der Waals surface area contributed by atoms with Crippen molar-refractivity contribution >= 4 is 33.2 Å². The number of benzene rings is 2. The highest BCUT2D eigenvalue weighted by Crippen LogP contribution is 2.20. The molecule has 8 heteroatoms. The molecule has 0 fully saturated rings. The summed E-state index contributed by atoms with van der Waals surface area (Å²) in [6.45, 7) is 3.88. The topological polar surface area (TPSA) is 87.2 Å². The number of sulfonamides is 1. The van der Waals surface area contributed by atoms with Gasteiger partial charge in [-0.3, -0.25) is 4.72 Å². The molecule has 2 N–H and O–H groups in total. The molecule has 0 spiro atoms. The first-order chi connectivity index (χ1) is 13.7. The van der Waals surface area contributed by atoms with Gasteiger partial charge in [-0.1, -0.05) is 29.8 Å². The van der Waals surface area contributed by atoms with Gasteiger partial charge < -0.3 is 10.2 Å². The van der Waals surface area contributed by atoms with Gasteiger partial charge in [0.05, 0.1) is 5.75 Å². The van der Waals surface area contributed by atoms with Crippen LogP contribution in [0.25, 0.3) is 0 Å². The molecule has 0 atom stereocenters. The number of aryl methyl sites for hydroxylation is 2. The molecule has 7 nitrogen and oxygen atoms in total. The van der Waals surface area contributed by atoms with Crippen molar-refractivity contribution < 1.29 is 8.42 Å². The third-order valence-electron chi connectivity index (χ3n) is 4.19. The highest BCUT2D eigenvalue weighted by Gasteiger charge is 2.12. The van der Waals surface area contributed by atoms with Crippen molar-refractivity contribution in [3.05, 3.63) is 71.4 Å². The van der Waals surface area contributed by atoms with Crippen molar-refractivity contribution in [2.45, 2.75) is 19.6 Å². The highest BCUT2D eigenvalue weighted by atomic mass is 32.2. The van der Waals surface area contributed by atoms with Gasteiger partial charge in [0, 0.05) is 37.2 Å². The second kappa shape index (κ2) is 8.48. The minimum atomic E-state index is -3.49. The van der Waals surface area contributed by atoms with Crippen LogP contribution in [0.3, 0.4) is 0 Å². The maximum atomic E-state index is 12.4. The number of aromatic nitrogens is 2. The van der Waals surface area contributed by atoms with Gasteiger partial charge in [0.1, 0.15) is 5.82 Å². The van der Waals surface area contributed by atoms with Gasteiger partial charge in [-0.05, 0) is 43.7 Å². The average Bonchev–Trinajstić information content (AvgIpc) is 2.64. The molecule has 152 valence electrons. The molecule has 0 aliphatic rings. The fourth-order valence-corrected chi connectivity index (χ4v) is 3.91. The molecular formula is C21H25N5O2S. The lowest BCUT2D eigenvalue weighted by Crippen LogP contribution is -2.15. The van der Waals surface area contributed by atoms with E-state index < -0.39 is 10.0 Å². The van der Waals surface area contributed by atoms with E-state index >= 15 is 0 Å². The Morgan fingerprint density at radius 3 is 2.14 bits per heavy atom. The van der Waals surface area contributed by atoms with Crippen LogP contribution in [0.1, 0.15) is 16.8 Å². The molecule has 29 heavy (non-hydrogen) atoms. The van der Waals surface area contributed by atoms with Gasteiger partial charge in [-0.15, -0.1) is 0 Å². The van der Waals surface area contributed by atoms with Crippen LogP contribution in [-0.2, 0) is 15.8 Å².